The van der Waals surface area contributed by atoms with Gasteiger partial charge in [0.15, 0.2) is 0 Å². The summed E-state index contributed by atoms with van der Waals surface area (Å²) in [6.45, 7) is 46.1. The third-order valence-electron chi connectivity index (χ3n) is 7.32. The Balaban J connectivity index is -0.000000144. The third kappa shape index (κ3) is 47.4. The van der Waals surface area contributed by atoms with Crippen molar-refractivity contribution in [2.75, 3.05) is 7.11 Å². The molecule has 306 valence electrons. The molecule has 0 aliphatic rings. The molecule has 0 saturated heterocycles. The summed E-state index contributed by atoms with van der Waals surface area (Å²) in [5.74, 6) is 1.53. The molecule has 0 aromatic heterocycles. The predicted octanol–water partition coefficient (Wildman–Crippen LogP) is 17.9. The highest BCUT2D eigenvalue weighted by Gasteiger charge is 2.08. The van der Waals surface area contributed by atoms with Gasteiger partial charge in [0.05, 0.1) is 13.2 Å². The molecule has 0 saturated carbocycles. The lowest BCUT2D eigenvalue weighted by Gasteiger charge is -2.16. The largest absolute Gasteiger partial charge is 0.497 e. The van der Waals surface area contributed by atoms with E-state index in [-0.39, 0.29) is 6.04 Å². The molecule has 0 aliphatic heterocycles. The van der Waals surface area contributed by atoms with Crippen molar-refractivity contribution in [3.63, 3.8) is 0 Å². The number of hydrogen-bond acceptors (Lipinski definition) is 2. The summed E-state index contributed by atoms with van der Waals surface area (Å²) < 4.78 is 5.26. The molecule has 0 aromatic carbocycles. The van der Waals surface area contributed by atoms with Gasteiger partial charge < -0.3 is 4.74 Å². The summed E-state index contributed by atoms with van der Waals surface area (Å²) in [6, 6.07) is 0.216. The van der Waals surface area contributed by atoms with Gasteiger partial charge in [0.25, 0.3) is 0 Å². The fraction of sp³-hybridized carbons (Fsp3) is 0.660. The summed E-state index contributed by atoms with van der Waals surface area (Å²) >= 11 is 0. The standard InChI is InChI=1S/C17H29NO.C15H28.C11H18.C3H8.2C2H6/c1-7-10-12-16(15(5)19-6)13-17(11-8-2)18-14(4)9-3;1-6-9-15(10-7-2)14(5)12-8-11-13(3)4;1-5-7-10(3)9-11(4)8-6-2;1-3-2;2*1-2/h10,12-13,17H,5,7-9,11H2,1-4,6H3;12,15H,3,6-11H2,1-2,4-5H3;5,7-9H,6H2,1-4H3;3H2,1-2H3;2*1-2H3/b12-10-,16-13+,18-14?;14-12+;7-5-,10-9-,11-8+;;;. The van der Waals surface area contributed by atoms with Crippen LogP contribution in [0.25, 0.3) is 0 Å². The smallest absolute Gasteiger partial charge is 0.118 e. The Morgan fingerprint density at radius 1 is 0.712 bits per heavy atom. The van der Waals surface area contributed by atoms with Gasteiger partial charge in [-0.1, -0.05) is 180 Å². The van der Waals surface area contributed by atoms with Crippen molar-refractivity contribution in [2.24, 2.45) is 10.9 Å². The van der Waals surface area contributed by atoms with E-state index in [4.69, 9.17) is 9.73 Å². The number of methoxy groups -OCH3 is 1. The van der Waals surface area contributed by atoms with E-state index in [9.17, 15) is 0 Å². The predicted molar refractivity (Wildman–Crippen MR) is 248 cm³/mol. The molecule has 1 unspecified atom stereocenters. The van der Waals surface area contributed by atoms with Crippen molar-refractivity contribution in [3.8, 4) is 0 Å². The SMILES string of the molecule is C=C(C)CC/C=C(\C)C(CCC)CCC.C=C(OC)C(/C=C\CC)=C/C(CCC)N=C(C)CC.CC.CC.CCC.C\C=C/C(C)=C\C(C)=C\CC. The van der Waals surface area contributed by atoms with Gasteiger partial charge in [0.2, 0.25) is 0 Å². The van der Waals surface area contributed by atoms with Crippen LogP contribution in [0.5, 0.6) is 0 Å². The Kier molecular flexibility index (Phi) is 59.7. The summed E-state index contributed by atoms with van der Waals surface area (Å²) in [5.41, 5.74) is 7.78. The zero-order chi connectivity index (χ0) is 41.8. The van der Waals surface area contributed by atoms with Crippen LogP contribution < -0.4 is 0 Å². The molecule has 2 heteroatoms. The first-order valence-corrected chi connectivity index (χ1v) is 21.3. The molecule has 1 atom stereocenters. The number of aliphatic imine (C=N–C) groups is 1. The van der Waals surface area contributed by atoms with Crippen molar-refractivity contribution in [3.05, 3.63) is 95.4 Å². The normalized spacial score (nSPS) is 12.6. The van der Waals surface area contributed by atoms with Crippen molar-refractivity contribution < 1.29 is 4.74 Å². The van der Waals surface area contributed by atoms with Gasteiger partial charge >= 0.3 is 0 Å². The van der Waals surface area contributed by atoms with Crippen LogP contribution in [0.4, 0.5) is 0 Å². The molecule has 0 amide bonds. The van der Waals surface area contributed by atoms with Crippen LogP contribution in [0, 0.1) is 5.92 Å². The van der Waals surface area contributed by atoms with Gasteiger partial charge in [-0.3, -0.25) is 4.99 Å². The van der Waals surface area contributed by atoms with Crippen molar-refractivity contribution in [1.82, 2.24) is 0 Å². The minimum absolute atomic E-state index is 0.216. The third-order valence-corrected chi connectivity index (χ3v) is 7.32. The van der Waals surface area contributed by atoms with Crippen molar-refractivity contribution in [1.29, 1.82) is 0 Å². The van der Waals surface area contributed by atoms with Gasteiger partial charge in [0.1, 0.15) is 5.76 Å². The van der Waals surface area contributed by atoms with Crippen LogP contribution in [0.1, 0.15) is 202 Å². The molecular formula is C50H95NO. The van der Waals surface area contributed by atoms with E-state index < -0.39 is 0 Å². The molecule has 0 aliphatic carbocycles. The first kappa shape index (κ1) is 61.4. The molecule has 0 fully saturated rings. The fourth-order valence-electron chi connectivity index (χ4n) is 4.73. The van der Waals surface area contributed by atoms with Crippen molar-refractivity contribution >= 4 is 5.71 Å². The summed E-state index contributed by atoms with van der Waals surface area (Å²) in [6.07, 6.45) is 31.5. The Morgan fingerprint density at radius 3 is 1.62 bits per heavy atom. The van der Waals surface area contributed by atoms with Crippen LogP contribution in [0.15, 0.2) is 100 Å². The maximum absolute atomic E-state index is 5.26. The van der Waals surface area contributed by atoms with E-state index in [0.29, 0.717) is 5.76 Å². The Hall–Kier alpha value is -2.61. The molecule has 0 N–H and O–H groups in total. The average molecular weight is 726 g/mol. The van der Waals surface area contributed by atoms with Crippen LogP contribution in [-0.2, 0) is 4.74 Å². The molecule has 0 heterocycles. The van der Waals surface area contributed by atoms with Gasteiger partial charge in [-0.2, -0.15) is 0 Å². The van der Waals surface area contributed by atoms with E-state index in [2.05, 4.69) is 152 Å². The summed E-state index contributed by atoms with van der Waals surface area (Å²) in [4.78, 5) is 4.76. The highest BCUT2D eigenvalue weighted by molar-refractivity contribution is 5.81. The van der Waals surface area contributed by atoms with Crippen LogP contribution in [0.2, 0.25) is 0 Å². The molecule has 0 spiro atoms. The first-order chi connectivity index (χ1) is 24.8. The number of rotatable bonds is 20. The number of ether oxygens (including phenoxy) is 1. The molecular weight excluding hydrogens is 631 g/mol. The topological polar surface area (TPSA) is 21.6 Å². The van der Waals surface area contributed by atoms with Crippen LogP contribution >= 0.6 is 0 Å². The second kappa shape index (κ2) is 50.5. The second-order valence-electron chi connectivity index (χ2n) is 12.8. The molecule has 2 nitrogen and oxygen atoms in total. The lowest BCUT2D eigenvalue weighted by Crippen LogP contribution is -2.05. The fourth-order valence-corrected chi connectivity index (χ4v) is 4.73. The Morgan fingerprint density at radius 2 is 1.23 bits per heavy atom. The average Bonchev–Trinajstić information content (AvgIpc) is 3.12. The number of allylic oxidation sites excluding steroid dienone is 11. The second-order valence-corrected chi connectivity index (χ2v) is 12.8. The van der Waals surface area contributed by atoms with Crippen LogP contribution in [-0.4, -0.2) is 18.9 Å². The summed E-state index contributed by atoms with van der Waals surface area (Å²) in [7, 11) is 1.66. The molecule has 0 radical (unpaired) electrons. The van der Waals surface area contributed by atoms with Gasteiger partial charge in [0, 0.05) is 11.3 Å². The van der Waals surface area contributed by atoms with E-state index >= 15 is 0 Å². The quantitative estimate of drug-likeness (QED) is 0.0530. The van der Waals surface area contributed by atoms with Crippen molar-refractivity contribution in [2.45, 2.75) is 208 Å². The minimum atomic E-state index is 0.216. The highest BCUT2D eigenvalue weighted by atomic mass is 16.5. The molecule has 0 rings (SSSR count). The number of hydrogen-bond donors (Lipinski definition) is 0. The van der Waals surface area contributed by atoms with Gasteiger partial charge in [-0.05, 0) is 105 Å². The maximum atomic E-state index is 5.26. The molecule has 52 heavy (non-hydrogen) atoms. The van der Waals surface area contributed by atoms with Gasteiger partial charge in [-0.25, -0.2) is 0 Å². The van der Waals surface area contributed by atoms with E-state index in [1.807, 2.05) is 34.6 Å². The molecule has 0 aromatic rings. The number of nitrogens with zero attached hydrogens (tertiary/aromatic N) is 1. The maximum Gasteiger partial charge on any atom is 0.118 e. The highest BCUT2D eigenvalue weighted by Crippen LogP contribution is 2.23. The zero-order valence-electron chi connectivity index (χ0n) is 39.0. The monoisotopic (exact) mass is 726 g/mol. The lowest BCUT2D eigenvalue weighted by molar-refractivity contribution is 0.304. The first-order valence-electron chi connectivity index (χ1n) is 21.3. The zero-order valence-corrected chi connectivity index (χ0v) is 39.0. The Bertz CT molecular complexity index is 989. The van der Waals surface area contributed by atoms with Gasteiger partial charge in [-0.15, -0.1) is 6.58 Å². The van der Waals surface area contributed by atoms with E-state index in [1.165, 1.54) is 61.0 Å². The van der Waals surface area contributed by atoms with Crippen LogP contribution in [0.3, 0.4) is 0 Å². The van der Waals surface area contributed by atoms with E-state index in [1.54, 1.807) is 12.7 Å². The minimum Gasteiger partial charge on any atom is -0.497 e. The molecule has 0 bridgehead atoms. The lowest BCUT2D eigenvalue weighted by atomic mass is 9.90. The Labute approximate surface area is 330 Å². The summed E-state index contributed by atoms with van der Waals surface area (Å²) in [5, 5.41) is 0. The van der Waals surface area contributed by atoms with E-state index in [0.717, 1.165) is 50.0 Å².